The van der Waals surface area contributed by atoms with Crippen molar-refractivity contribution in [1.82, 2.24) is 10.6 Å². The molecule has 0 aliphatic carbocycles. The van der Waals surface area contributed by atoms with Crippen molar-refractivity contribution in [2.24, 2.45) is 5.73 Å². The third-order valence-corrected chi connectivity index (χ3v) is 1.90. The summed E-state index contributed by atoms with van der Waals surface area (Å²) in [7, 11) is 1.58. The number of methoxy groups -OCH3 is 1. The highest BCUT2D eigenvalue weighted by atomic mass is 16.5. The summed E-state index contributed by atoms with van der Waals surface area (Å²) in [4.78, 5) is 22.3. The molecule has 0 fully saturated rings. The molecule has 0 rings (SSSR count). The van der Waals surface area contributed by atoms with Gasteiger partial charge in [0.1, 0.15) is 0 Å². The second-order valence-corrected chi connectivity index (χ2v) is 3.33. The van der Waals surface area contributed by atoms with Gasteiger partial charge in [-0.15, -0.1) is 0 Å². The molecule has 0 saturated heterocycles. The highest BCUT2D eigenvalue weighted by molar-refractivity contribution is 5.78. The van der Waals surface area contributed by atoms with Crippen LogP contribution in [0.5, 0.6) is 0 Å². The molecule has 2 amide bonds. The van der Waals surface area contributed by atoms with Crippen LogP contribution in [0.3, 0.4) is 0 Å². The third-order valence-electron chi connectivity index (χ3n) is 1.90. The van der Waals surface area contributed by atoms with Gasteiger partial charge in [-0.05, 0) is 6.42 Å². The molecule has 0 aromatic carbocycles. The summed E-state index contributed by atoms with van der Waals surface area (Å²) in [5.74, 6) is -0.112. The van der Waals surface area contributed by atoms with Gasteiger partial charge in [-0.3, -0.25) is 9.59 Å². The van der Waals surface area contributed by atoms with Crippen molar-refractivity contribution in [3.8, 4) is 0 Å². The molecular weight excluding hydrogens is 210 g/mol. The predicted molar refractivity (Wildman–Crippen MR) is 60.8 cm³/mol. The van der Waals surface area contributed by atoms with Crippen LogP contribution in [0.25, 0.3) is 0 Å². The van der Waals surface area contributed by atoms with E-state index in [9.17, 15) is 9.59 Å². The van der Waals surface area contributed by atoms with Crippen LogP contribution in [-0.4, -0.2) is 45.2 Å². The fourth-order valence-corrected chi connectivity index (χ4v) is 1.09. The zero-order valence-corrected chi connectivity index (χ0v) is 9.75. The average Bonchev–Trinajstić information content (AvgIpc) is 2.26. The topological polar surface area (TPSA) is 93.4 Å². The van der Waals surface area contributed by atoms with E-state index < -0.39 is 0 Å². The number of carbonyl (C=O) groups is 2. The molecule has 0 unspecified atom stereocenters. The lowest BCUT2D eigenvalue weighted by Gasteiger charge is -2.05. The van der Waals surface area contributed by atoms with E-state index in [4.69, 9.17) is 10.5 Å². The van der Waals surface area contributed by atoms with Gasteiger partial charge in [-0.1, -0.05) is 0 Å². The lowest BCUT2D eigenvalue weighted by atomic mass is 10.2. The highest BCUT2D eigenvalue weighted by Crippen LogP contribution is 1.94. The van der Waals surface area contributed by atoms with Gasteiger partial charge in [-0.2, -0.15) is 0 Å². The summed E-state index contributed by atoms with van der Waals surface area (Å²) in [6.07, 6.45) is 1.27. The van der Waals surface area contributed by atoms with Crippen molar-refractivity contribution in [2.75, 3.05) is 33.4 Å². The first-order valence-electron chi connectivity index (χ1n) is 5.43. The van der Waals surface area contributed by atoms with Crippen LogP contribution in [0.2, 0.25) is 0 Å². The number of nitrogens with two attached hydrogens (primary N) is 1. The van der Waals surface area contributed by atoms with Crippen LogP contribution in [0.4, 0.5) is 0 Å². The Kier molecular flexibility index (Phi) is 9.64. The molecule has 0 heterocycles. The number of nitrogens with one attached hydrogen (secondary N) is 2. The van der Waals surface area contributed by atoms with Gasteiger partial charge in [0, 0.05) is 39.6 Å². The van der Waals surface area contributed by atoms with Crippen LogP contribution < -0.4 is 16.4 Å². The smallest absolute Gasteiger partial charge is 0.220 e. The number of hydrogen-bond donors (Lipinski definition) is 3. The molecule has 4 N–H and O–H groups in total. The Morgan fingerprint density at radius 1 is 1.12 bits per heavy atom. The van der Waals surface area contributed by atoms with Crippen molar-refractivity contribution in [2.45, 2.75) is 19.3 Å². The Morgan fingerprint density at radius 3 is 2.19 bits per heavy atom. The molecule has 0 atom stereocenters. The molecule has 0 bridgehead atoms. The molecular formula is C10H21N3O3. The van der Waals surface area contributed by atoms with Gasteiger partial charge in [0.15, 0.2) is 0 Å². The predicted octanol–water partition coefficient (Wildman–Crippen LogP) is -1.01. The summed E-state index contributed by atoms with van der Waals surface area (Å²) >= 11 is 0. The maximum atomic E-state index is 11.2. The molecule has 6 nitrogen and oxygen atoms in total. The fraction of sp³-hybridized carbons (Fsp3) is 0.800. The third kappa shape index (κ3) is 9.42. The van der Waals surface area contributed by atoms with Crippen LogP contribution in [0, 0.1) is 0 Å². The van der Waals surface area contributed by atoms with E-state index in [1.54, 1.807) is 7.11 Å². The van der Waals surface area contributed by atoms with Crippen LogP contribution in [-0.2, 0) is 14.3 Å². The quantitative estimate of drug-likeness (QED) is 0.443. The highest BCUT2D eigenvalue weighted by Gasteiger charge is 2.03. The molecule has 0 aromatic rings. The van der Waals surface area contributed by atoms with Gasteiger partial charge in [0.2, 0.25) is 11.8 Å². The van der Waals surface area contributed by atoms with Crippen LogP contribution in [0.1, 0.15) is 19.3 Å². The average molecular weight is 231 g/mol. The number of ether oxygens (including phenoxy) is 1. The van der Waals surface area contributed by atoms with Crippen molar-refractivity contribution in [3.63, 3.8) is 0 Å². The molecule has 94 valence electrons. The lowest BCUT2D eigenvalue weighted by molar-refractivity contribution is -0.122. The first-order valence-corrected chi connectivity index (χ1v) is 5.43. The summed E-state index contributed by atoms with van der Waals surface area (Å²) < 4.78 is 4.79. The minimum Gasteiger partial charge on any atom is -0.383 e. The lowest BCUT2D eigenvalue weighted by Crippen LogP contribution is -2.30. The second kappa shape index (κ2) is 10.4. The molecule has 0 radical (unpaired) electrons. The molecule has 0 aromatic heterocycles. The van der Waals surface area contributed by atoms with Crippen molar-refractivity contribution in [3.05, 3.63) is 0 Å². The molecule has 6 heteroatoms. The maximum absolute atomic E-state index is 11.2. The Balaban J connectivity index is 3.36. The number of rotatable bonds is 9. The van der Waals surface area contributed by atoms with Crippen molar-refractivity contribution < 1.29 is 14.3 Å². The van der Waals surface area contributed by atoms with Gasteiger partial charge < -0.3 is 21.1 Å². The Morgan fingerprint density at radius 2 is 1.69 bits per heavy atom. The molecule has 0 saturated carbocycles. The van der Waals surface area contributed by atoms with Crippen LogP contribution >= 0.6 is 0 Å². The van der Waals surface area contributed by atoms with E-state index in [1.807, 2.05) is 0 Å². The minimum absolute atomic E-state index is 0.0522. The number of carbonyl (C=O) groups excluding carboxylic acids is 2. The van der Waals surface area contributed by atoms with Gasteiger partial charge in [0.25, 0.3) is 0 Å². The fourth-order valence-electron chi connectivity index (χ4n) is 1.09. The van der Waals surface area contributed by atoms with Gasteiger partial charge in [-0.25, -0.2) is 0 Å². The van der Waals surface area contributed by atoms with E-state index in [0.29, 0.717) is 45.5 Å². The molecule has 16 heavy (non-hydrogen) atoms. The van der Waals surface area contributed by atoms with Crippen molar-refractivity contribution >= 4 is 11.8 Å². The first-order chi connectivity index (χ1) is 7.70. The summed E-state index contributed by atoms with van der Waals surface area (Å²) in [5, 5.41) is 5.33. The summed E-state index contributed by atoms with van der Waals surface area (Å²) in [6.45, 7) is 1.93. The monoisotopic (exact) mass is 231 g/mol. The van der Waals surface area contributed by atoms with E-state index in [-0.39, 0.29) is 11.8 Å². The molecule has 0 aliphatic heterocycles. The normalized spacial score (nSPS) is 9.88. The standard InChI is InChI=1S/C10H21N3O3/c1-16-8-7-13-10(15)4-2-3-9(14)12-6-5-11/h2-8,11H2,1H3,(H,12,14)(H,13,15). The number of amides is 2. The maximum Gasteiger partial charge on any atom is 0.220 e. The Hall–Kier alpha value is -1.14. The molecule has 0 aliphatic rings. The Labute approximate surface area is 95.9 Å². The van der Waals surface area contributed by atoms with Gasteiger partial charge >= 0.3 is 0 Å². The van der Waals surface area contributed by atoms with Gasteiger partial charge in [0.05, 0.1) is 6.61 Å². The summed E-state index contributed by atoms with van der Waals surface area (Å²) in [6, 6.07) is 0. The molecule has 0 spiro atoms. The zero-order chi connectivity index (χ0) is 12.2. The van der Waals surface area contributed by atoms with E-state index in [0.717, 1.165) is 0 Å². The number of hydrogen-bond acceptors (Lipinski definition) is 4. The van der Waals surface area contributed by atoms with E-state index in [1.165, 1.54) is 0 Å². The second-order valence-electron chi connectivity index (χ2n) is 3.33. The SMILES string of the molecule is COCCNC(=O)CCCC(=O)NCCN. The Bertz CT molecular complexity index is 209. The van der Waals surface area contributed by atoms with E-state index in [2.05, 4.69) is 10.6 Å². The first kappa shape index (κ1) is 14.9. The van der Waals surface area contributed by atoms with Crippen LogP contribution in [0.15, 0.2) is 0 Å². The minimum atomic E-state index is -0.0601. The van der Waals surface area contributed by atoms with Crippen molar-refractivity contribution in [1.29, 1.82) is 0 Å². The van der Waals surface area contributed by atoms with E-state index >= 15 is 0 Å². The zero-order valence-electron chi connectivity index (χ0n) is 9.75. The summed E-state index contributed by atoms with van der Waals surface area (Å²) in [5.41, 5.74) is 5.23. The largest absolute Gasteiger partial charge is 0.383 e.